The van der Waals surface area contributed by atoms with Gasteiger partial charge < -0.3 is 55.9 Å². The molecule has 0 heterocycles. The molecule has 0 aliphatic carbocycles. The average molecular weight is 1320 g/mol. The summed E-state index contributed by atoms with van der Waals surface area (Å²) in [5, 5.41) is 0. The number of unbranched alkanes of at least 4 members (excludes halogenated alkanes) is 16. The maximum atomic E-state index is 12.1. The molecular formula is C64H136MoO12P4. The molecule has 0 bridgehead atoms. The summed E-state index contributed by atoms with van der Waals surface area (Å²) in [6, 6.07) is 0. The number of hydrogen-bond acceptors (Lipinski definition) is 12. The van der Waals surface area contributed by atoms with Crippen molar-refractivity contribution in [2.45, 2.75) is 366 Å². The van der Waals surface area contributed by atoms with E-state index in [0.29, 0.717) is 0 Å². The van der Waals surface area contributed by atoms with Crippen LogP contribution in [-0.4, -0.2) is 49.1 Å². The maximum absolute atomic E-state index is 12.1. The Bertz CT molecular complexity index is 1300. The smallest absolute Gasteiger partial charge is 0.778 e. The van der Waals surface area contributed by atoms with Crippen LogP contribution in [0.3, 0.4) is 0 Å². The first-order valence-corrected chi connectivity index (χ1v) is 40.6. The SMILES string of the molecule is CCCCCCC(C)OP(=O)([O-])CC(CC)CCCC.CCCCCCC(C)OP(=O)([O-])CC(CC)CCCC.CCCCCCC(C)OP(=O)([O-])CC(CC)CCCC.CCCCCCC(C)OP(=O)([O-])CC(CC)CCCC.[Mo+4]. The molecule has 0 spiro atoms. The van der Waals surface area contributed by atoms with Gasteiger partial charge in [-0.15, -0.1) is 0 Å². The van der Waals surface area contributed by atoms with E-state index in [9.17, 15) is 37.8 Å². The first-order chi connectivity index (χ1) is 37.8. The van der Waals surface area contributed by atoms with Gasteiger partial charge >= 0.3 is 21.1 Å². The molecule has 0 aliphatic rings. The molecule has 0 aromatic carbocycles. The Morgan fingerprint density at radius 3 is 0.556 bits per heavy atom. The van der Waals surface area contributed by atoms with Crippen LogP contribution in [0.15, 0.2) is 0 Å². The fraction of sp³-hybridized carbons (Fsp3) is 1.00. The minimum Gasteiger partial charge on any atom is -0.778 e. The van der Waals surface area contributed by atoms with Gasteiger partial charge in [0.25, 0.3) is 0 Å². The van der Waals surface area contributed by atoms with E-state index in [1.54, 1.807) is 0 Å². The van der Waals surface area contributed by atoms with Gasteiger partial charge in [0.1, 0.15) is 30.4 Å². The summed E-state index contributed by atoms with van der Waals surface area (Å²) in [7, 11) is -14.7. The molecule has 0 aliphatic heterocycles. The minimum absolute atomic E-state index is 0. The Labute approximate surface area is 519 Å². The Morgan fingerprint density at radius 2 is 0.420 bits per heavy atom. The van der Waals surface area contributed by atoms with E-state index in [-0.39, 0.29) is 93.8 Å². The van der Waals surface area contributed by atoms with Crippen LogP contribution in [-0.2, 0) is 57.4 Å². The molecule has 12 nitrogen and oxygen atoms in total. The zero-order chi connectivity index (χ0) is 61.7. The van der Waals surface area contributed by atoms with E-state index in [1.165, 1.54) is 77.0 Å². The zero-order valence-corrected chi connectivity index (χ0v) is 61.6. The second kappa shape index (κ2) is 60.2. The topological polar surface area (TPSA) is 197 Å². The third-order valence-corrected chi connectivity index (χ3v) is 21.9. The van der Waals surface area contributed by atoms with Crippen molar-refractivity contribution in [1.29, 1.82) is 0 Å². The van der Waals surface area contributed by atoms with Crippen LogP contribution in [0.2, 0.25) is 0 Å². The Hall–Kier alpha value is 1.29. The van der Waals surface area contributed by atoms with Gasteiger partial charge in [-0.1, -0.05) is 263 Å². The van der Waals surface area contributed by atoms with Crippen molar-refractivity contribution in [3.05, 3.63) is 0 Å². The molecule has 12 atom stereocenters. The van der Waals surface area contributed by atoms with Crippen LogP contribution in [0.25, 0.3) is 0 Å². The van der Waals surface area contributed by atoms with Crippen LogP contribution >= 0.6 is 30.4 Å². The van der Waals surface area contributed by atoms with Crippen molar-refractivity contribution in [3.8, 4) is 0 Å². The molecule has 0 aromatic rings. The van der Waals surface area contributed by atoms with Crippen molar-refractivity contribution >= 4 is 30.4 Å². The Morgan fingerprint density at radius 1 is 0.259 bits per heavy atom. The summed E-state index contributed by atoms with van der Waals surface area (Å²) in [5.41, 5.74) is 0. The molecule has 17 heteroatoms. The van der Waals surface area contributed by atoms with Crippen LogP contribution in [0.4, 0.5) is 0 Å². The zero-order valence-electron chi connectivity index (χ0n) is 56.0. The minimum atomic E-state index is -3.67. The molecule has 0 rings (SSSR count). The van der Waals surface area contributed by atoms with Crippen LogP contribution in [0.5, 0.6) is 0 Å². The van der Waals surface area contributed by atoms with Crippen molar-refractivity contribution in [3.63, 3.8) is 0 Å². The van der Waals surface area contributed by atoms with Crippen LogP contribution < -0.4 is 19.6 Å². The van der Waals surface area contributed by atoms with Crippen molar-refractivity contribution < 1.29 is 77.0 Å². The second-order valence-corrected chi connectivity index (χ2v) is 31.1. The summed E-state index contributed by atoms with van der Waals surface area (Å²) in [4.78, 5) is 48.3. The summed E-state index contributed by atoms with van der Waals surface area (Å²) < 4.78 is 69.6. The molecule has 0 amide bonds. The van der Waals surface area contributed by atoms with E-state index in [2.05, 4.69) is 83.1 Å². The van der Waals surface area contributed by atoms with Gasteiger partial charge in [-0.3, -0.25) is 0 Å². The van der Waals surface area contributed by atoms with E-state index in [1.807, 2.05) is 27.7 Å². The molecule has 0 fully saturated rings. The van der Waals surface area contributed by atoms with Gasteiger partial charge in [0.05, 0.1) is 24.4 Å². The second-order valence-electron chi connectivity index (χ2n) is 23.9. The van der Waals surface area contributed by atoms with Gasteiger partial charge in [-0.05, 0) is 103 Å². The molecule has 0 saturated carbocycles. The fourth-order valence-corrected chi connectivity index (χ4v) is 17.1. The fourth-order valence-electron chi connectivity index (χ4n) is 9.85. The molecule has 81 heavy (non-hydrogen) atoms. The first-order valence-electron chi connectivity index (χ1n) is 33.7. The van der Waals surface area contributed by atoms with E-state index < -0.39 is 30.4 Å². The van der Waals surface area contributed by atoms with E-state index in [4.69, 9.17) is 18.1 Å². The largest absolute Gasteiger partial charge is 4.00 e. The summed E-state index contributed by atoms with van der Waals surface area (Å²) in [6.07, 6.45) is 38.7. The Balaban J connectivity index is -0.000000316. The van der Waals surface area contributed by atoms with Gasteiger partial charge in [0.15, 0.2) is 0 Å². The third-order valence-electron chi connectivity index (χ3n) is 15.3. The molecule has 490 valence electrons. The monoisotopic (exact) mass is 1320 g/mol. The maximum Gasteiger partial charge on any atom is 4.00 e. The first kappa shape index (κ1) is 91.0. The van der Waals surface area contributed by atoms with Crippen molar-refractivity contribution in [1.82, 2.24) is 0 Å². The molecule has 0 radical (unpaired) electrons. The average Bonchev–Trinajstić information content (AvgIpc) is 3.39. The van der Waals surface area contributed by atoms with Crippen LogP contribution in [0, 0.1) is 23.7 Å². The summed E-state index contributed by atoms with van der Waals surface area (Å²) in [6.45, 7) is 33.0. The predicted octanol–water partition coefficient (Wildman–Crippen LogP) is 20.5. The molecular weight excluding hydrogens is 1180 g/mol. The standard InChI is InChI=1S/4C16H35O3P.Mo/c4*1-5-8-10-11-12-15(4)19-20(17,18)14-16(7-3)13-9-6-2;/h4*15-16H,5-14H2,1-4H3,(H,17,18);/q;;;;+4/p-4. The third kappa shape index (κ3) is 64.1. The van der Waals surface area contributed by atoms with Gasteiger partial charge in [0.2, 0.25) is 0 Å². The van der Waals surface area contributed by atoms with Crippen LogP contribution in [0.1, 0.15) is 342 Å². The van der Waals surface area contributed by atoms with Gasteiger partial charge in [-0.2, -0.15) is 0 Å². The molecule has 12 unspecified atom stereocenters. The Kier molecular flexibility index (Phi) is 67.7. The predicted molar refractivity (Wildman–Crippen MR) is 340 cm³/mol. The van der Waals surface area contributed by atoms with Crippen molar-refractivity contribution in [2.24, 2.45) is 23.7 Å². The normalized spacial score (nSPS) is 17.4. The van der Waals surface area contributed by atoms with Crippen molar-refractivity contribution in [2.75, 3.05) is 24.6 Å². The summed E-state index contributed by atoms with van der Waals surface area (Å²) >= 11 is 0. The van der Waals surface area contributed by atoms with E-state index >= 15 is 0 Å². The quantitative estimate of drug-likeness (QED) is 0.0318. The summed E-state index contributed by atoms with van der Waals surface area (Å²) in [5.74, 6) is 1.02. The van der Waals surface area contributed by atoms with E-state index in [0.717, 1.165) is 154 Å². The number of rotatable bonds is 52. The molecule has 0 saturated heterocycles. The van der Waals surface area contributed by atoms with Gasteiger partial charge in [0, 0.05) is 24.6 Å². The van der Waals surface area contributed by atoms with Gasteiger partial charge in [-0.25, -0.2) is 0 Å². The molecule has 0 N–H and O–H groups in total. The number of hydrogen-bond donors (Lipinski definition) is 0. The molecule has 0 aromatic heterocycles.